The molecule has 0 unspecified atom stereocenters. The molecule has 3 aliphatic heterocycles. The van der Waals surface area contributed by atoms with E-state index in [-0.39, 0.29) is 12.0 Å². The molecule has 1 amide bonds. The SMILES string of the molecule is O=C(Nc1nccc2c1CCCc1cnccc1N2)c1cccc(Nc2ccnc3ccc(C4=C[C@H]5CC[C@@H]4CO5)cc23)c1. The maximum Gasteiger partial charge on any atom is 0.256 e. The predicted molar refractivity (Wildman–Crippen MR) is 174 cm³/mol. The molecule has 9 rings (SSSR count). The second kappa shape index (κ2) is 11.2. The zero-order valence-electron chi connectivity index (χ0n) is 24.2. The number of carbonyl (C=O) groups excluding carboxylic acids is 1. The van der Waals surface area contributed by atoms with E-state index in [9.17, 15) is 4.79 Å². The molecule has 3 N–H and O–H groups in total. The number of nitrogens with one attached hydrogen (secondary N) is 3. The van der Waals surface area contributed by atoms with Crippen LogP contribution in [0.15, 0.2) is 91.5 Å². The van der Waals surface area contributed by atoms with Crippen molar-refractivity contribution in [1.29, 1.82) is 0 Å². The Kier molecular flexibility index (Phi) is 6.76. The molecule has 1 aliphatic carbocycles. The maximum atomic E-state index is 13.5. The monoisotopic (exact) mass is 580 g/mol. The third-order valence-electron chi connectivity index (χ3n) is 8.93. The minimum absolute atomic E-state index is 0.204. The largest absolute Gasteiger partial charge is 0.374 e. The number of amides is 1. The number of hydrogen-bond donors (Lipinski definition) is 3. The molecule has 0 spiro atoms. The van der Waals surface area contributed by atoms with Crippen LogP contribution < -0.4 is 16.0 Å². The van der Waals surface area contributed by atoms with Gasteiger partial charge in [-0.1, -0.05) is 18.2 Å². The van der Waals surface area contributed by atoms with Crippen molar-refractivity contribution in [3.05, 3.63) is 114 Å². The first-order valence-electron chi connectivity index (χ1n) is 15.3. The molecule has 218 valence electrons. The van der Waals surface area contributed by atoms with Crippen LogP contribution in [0.5, 0.6) is 0 Å². The maximum absolute atomic E-state index is 13.5. The predicted octanol–water partition coefficient (Wildman–Crippen LogP) is 7.45. The minimum atomic E-state index is -0.204. The van der Waals surface area contributed by atoms with E-state index < -0.39 is 0 Å². The lowest BCUT2D eigenvalue weighted by atomic mass is 9.80. The first-order chi connectivity index (χ1) is 21.7. The molecule has 3 aromatic heterocycles. The van der Waals surface area contributed by atoms with Crippen molar-refractivity contribution >= 4 is 51.0 Å². The van der Waals surface area contributed by atoms with Gasteiger partial charge in [0.25, 0.3) is 5.91 Å². The van der Waals surface area contributed by atoms with Crippen molar-refractivity contribution in [3.8, 4) is 0 Å². The lowest BCUT2D eigenvalue weighted by molar-refractivity contribution is 0.0162. The Labute approximate surface area is 255 Å². The lowest BCUT2D eigenvalue weighted by Gasteiger charge is -2.35. The van der Waals surface area contributed by atoms with E-state index >= 15 is 0 Å². The van der Waals surface area contributed by atoms with Crippen LogP contribution in [0.4, 0.5) is 28.6 Å². The van der Waals surface area contributed by atoms with Gasteiger partial charge in [-0.15, -0.1) is 0 Å². The van der Waals surface area contributed by atoms with Gasteiger partial charge >= 0.3 is 0 Å². The second-order valence-electron chi connectivity index (χ2n) is 11.7. The first-order valence-corrected chi connectivity index (χ1v) is 15.3. The summed E-state index contributed by atoms with van der Waals surface area (Å²) in [4.78, 5) is 26.9. The fourth-order valence-corrected chi connectivity index (χ4v) is 6.64. The molecular formula is C36H32N6O2. The van der Waals surface area contributed by atoms with Gasteiger partial charge in [0.15, 0.2) is 0 Å². The molecule has 2 bridgehead atoms. The summed E-state index contributed by atoms with van der Waals surface area (Å²) >= 11 is 0. The summed E-state index contributed by atoms with van der Waals surface area (Å²) in [6.07, 6.45) is 14.7. The van der Waals surface area contributed by atoms with Crippen molar-refractivity contribution in [1.82, 2.24) is 15.0 Å². The molecule has 0 radical (unpaired) electrons. The summed E-state index contributed by atoms with van der Waals surface area (Å²) in [6.45, 7) is 0.797. The molecule has 0 saturated carbocycles. The zero-order chi connectivity index (χ0) is 29.5. The number of benzene rings is 2. The van der Waals surface area contributed by atoms with Gasteiger partial charge in [0.05, 0.1) is 18.2 Å². The average molecular weight is 581 g/mol. The Balaban J connectivity index is 1.05. The molecule has 8 heteroatoms. The first kappa shape index (κ1) is 26.5. The minimum Gasteiger partial charge on any atom is -0.374 e. The number of nitrogens with zero attached hydrogens (tertiary/aromatic N) is 3. The van der Waals surface area contributed by atoms with Gasteiger partial charge in [0, 0.05) is 70.0 Å². The van der Waals surface area contributed by atoms with E-state index in [0.717, 1.165) is 71.5 Å². The van der Waals surface area contributed by atoms with E-state index in [2.05, 4.69) is 55.2 Å². The summed E-state index contributed by atoms with van der Waals surface area (Å²) in [6, 6.07) is 20.0. The Hall–Kier alpha value is -5.08. The highest BCUT2D eigenvalue weighted by Gasteiger charge is 2.30. The van der Waals surface area contributed by atoms with E-state index in [1.54, 1.807) is 12.4 Å². The van der Waals surface area contributed by atoms with E-state index in [4.69, 9.17) is 4.74 Å². The summed E-state index contributed by atoms with van der Waals surface area (Å²) < 4.78 is 5.89. The summed E-state index contributed by atoms with van der Waals surface area (Å²) in [5, 5.41) is 11.2. The number of rotatable bonds is 5. The van der Waals surface area contributed by atoms with E-state index in [1.165, 1.54) is 23.1 Å². The number of ether oxygens (including phenoxy) is 1. The Morgan fingerprint density at radius 2 is 1.86 bits per heavy atom. The molecule has 8 nitrogen and oxygen atoms in total. The number of pyridine rings is 3. The van der Waals surface area contributed by atoms with Crippen molar-refractivity contribution in [3.63, 3.8) is 0 Å². The van der Waals surface area contributed by atoms with Gasteiger partial charge in [-0.25, -0.2) is 4.98 Å². The number of hydrogen-bond acceptors (Lipinski definition) is 7. The Morgan fingerprint density at radius 1 is 0.932 bits per heavy atom. The number of aromatic nitrogens is 3. The molecular weight excluding hydrogens is 548 g/mol. The third kappa shape index (κ3) is 5.07. The highest BCUT2D eigenvalue weighted by Crippen LogP contribution is 2.40. The lowest BCUT2D eigenvalue weighted by Crippen LogP contribution is -2.31. The van der Waals surface area contributed by atoms with Gasteiger partial charge in [0.2, 0.25) is 0 Å². The molecule has 2 aromatic carbocycles. The second-order valence-corrected chi connectivity index (χ2v) is 11.7. The number of aryl methyl sites for hydroxylation is 1. The fraction of sp³-hybridized carbons (Fsp3) is 0.222. The van der Waals surface area contributed by atoms with Crippen LogP contribution in [-0.2, 0) is 17.6 Å². The fourth-order valence-electron chi connectivity index (χ4n) is 6.64. The van der Waals surface area contributed by atoms with E-state index in [1.807, 2.05) is 54.9 Å². The summed E-state index contributed by atoms with van der Waals surface area (Å²) in [5.74, 6) is 0.826. The van der Waals surface area contributed by atoms with Gasteiger partial charge in [-0.3, -0.25) is 14.8 Å². The van der Waals surface area contributed by atoms with Crippen molar-refractivity contribution in [2.24, 2.45) is 5.92 Å². The van der Waals surface area contributed by atoms with Crippen molar-refractivity contribution in [2.75, 3.05) is 22.6 Å². The van der Waals surface area contributed by atoms with Crippen molar-refractivity contribution < 1.29 is 9.53 Å². The van der Waals surface area contributed by atoms with Gasteiger partial charge < -0.3 is 20.7 Å². The van der Waals surface area contributed by atoms with Crippen LogP contribution in [0.2, 0.25) is 0 Å². The third-order valence-corrected chi connectivity index (χ3v) is 8.93. The van der Waals surface area contributed by atoms with Crippen molar-refractivity contribution in [2.45, 2.75) is 38.2 Å². The molecule has 6 heterocycles. The molecule has 1 saturated heterocycles. The van der Waals surface area contributed by atoms with Crippen LogP contribution >= 0.6 is 0 Å². The van der Waals surface area contributed by atoms with Crippen LogP contribution in [-0.4, -0.2) is 33.6 Å². The molecule has 44 heavy (non-hydrogen) atoms. The topological polar surface area (TPSA) is 101 Å². The highest BCUT2D eigenvalue weighted by molar-refractivity contribution is 6.05. The van der Waals surface area contributed by atoms with Gasteiger partial charge in [0.1, 0.15) is 5.82 Å². The smallest absolute Gasteiger partial charge is 0.256 e. The van der Waals surface area contributed by atoms with Crippen LogP contribution in [0.1, 0.15) is 46.3 Å². The molecule has 2 atom stereocenters. The number of anilines is 5. The molecule has 4 aliphatic rings. The Morgan fingerprint density at radius 3 is 2.75 bits per heavy atom. The standard InChI is InChI=1S/C36H32N6O2/c43-36(42-35-28-6-2-4-24-20-37-14-11-31(24)41-33(28)13-16-39-35)23-3-1-5-26(17-23)40-34-12-15-38-32-10-8-22(18-30(32)34)29-19-27-9-7-25(29)21-44-27/h1,3,5,8,10-20,25,27,41H,2,4,6-7,9,21H2,(H,38,40)(H,39,42,43)/t25-,27-/m1/s1. The number of fused-ring (bicyclic) bond motifs is 5. The van der Waals surface area contributed by atoms with Gasteiger partial charge in [-0.05, 0) is 97.3 Å². The Bertz CT molecular complexity index is 1930. The van der Waals surface area contributed by atoms with Gasteiger partial charge in [-0.2, -0.15) is 0 Å². The molecule has 5 aromatic rings. The zero-order valence-corrected chi connectivity index (χ0v) is 24.2. The normalized spacial score (nSPS) is 18.7. The van der Waals surface area contributed by atoms with E-state index in [0.29, 0.717) is 17.3 Å². The van der Waals surface area contributed by atoms with Crippen LogP contribution in [0.3, 0.4) is 0 Å². The summed E-state index contributed by atoms with van der Waals surface area (Å²) in [7, 11) is 0. The highest BCUT2D eigenvalue weighted by atomic mass is 16.5. The quantitative estimate of drug-likeness (QED) is 0.199. The molecule has 1 fully saturated rings. The van der Waals surface area contributed by atoms with Crippen LogP contribution in [0, 0.1) is 5.92 Å². The summed E-state index contributed by atoms with van der Waals surface area (Å²) in [5.41, 5.74) is 10.0. The number of carbonyl (C=O) groups is 1. The van der Waals surface area contributed by atoms with Crippen LogP contribution in [0.25, 0.3) is 16.5 Å². The average Bonchev–Trinajstić information content (AvgIpc) is 3.06.